The predicted molar refractivity (Wildman–Crippen MR) is 191 cm³/mol. The van der Waals surface area contributed by atoms with E-state index in [4.69, 9.17) is 14.7 Å². The zero-order chi connectivity index (χ0) is 31.0. The highest BCUT2D eigenvalue weighted by molar-refractivity contribution is 7.17. The molecule has 0 saturated heterocycles. The van der Waals surface area contributed by atoms with E-state index >= 15 is 0 Å². The second-order valence-electron chi connectivity index (χ2n) is 12.1. The molecular formula is C43H26N2OS. The SMILES string of the molecule is c1ccc(-c2cc(-c3cccc4c3Oc3ccccc3C43c4ccccc4-c4cc5ccsc5cc43)nc(-c3ccccc3)n2)cc1. The first-order chi connectivity index (χ1) is 23.3. The number of thiophene rings is 1. The van der Waals surface area contributed by atoms with Crippen LogP contribution in [0.15, 0.2) is 157 Å². The van der Waals surface area contributed by atoms with Crippen LogP contribution >= 0.6 is 11.3 Å². The standard InChI is InChI=1S/C43H26N2OS/c1-3-12-27(13-4-1)37-26-38(45-42(44-37)28-14-5-2-6-15-28)31-17-11-20-35-41(31)46-39-21-10-9-19-34(39)43(35)33-18-8-7-16-30(33)32-24-29-22-23-47-40(29)25-36(32)43/h1-26H. The van der Waals surface area contributed by atoms with Gasteiger partial charge in [0, 0.05) is 32.5 Å². The summed E-state index contributed by atoms with van der Waals surface area (Å²) in [5.41, 5.74) is 11.5. The molecule has 3 heterocycles. The van der Waals surface area contributed by atoms with Crippen molar-refractivity contribution >= 4 is 21.4 Å². The van der Waals surface area contributed by atoms with E-state index in [-0.39, 0.29) is 0 Å². The van der Waals surface area contributed by atoms with Crippen LogP contribution in [0.5, 0.6) is 11.5 Å². The summed E-state index contributed by atoms with van der Waals surface area (Å²) in [5.74, 6) is 2.38. The van der Waals surface area contributed by atoms with Gasteiger partial charge in [-0.25, -0.2) is 9.97 Å². The molecule has 3 nitrogen and oxygen atoms in total. The van der Waals surface area contributed by atoms with E-state index in [2.05, 4.69) is 121 Å². The number of hydrogen-bond acceptors (Lipinski definition) is 4. The molecule has 0 bridgehead atoms. The lowest BCUT2D eigenvalue weighted by Gasteiger charge is -2.40. The Morgan fingerprint density at radius 3 is 2.02 bits per heavy atom. The van der Waals surface area contributed by atoms with Gasteiger partial charge in [0.15, 0.2) is 5.82 Å². The third kappa shape index (κ3) is 3.79. The normalized spacial score (nSPS) is 15.5. The summed E-state index contributed by atoms with van der Waals surface area (Å²) in [6, 6.07) is 53.6. The minimum absolute atomic E-state index is 0.554. The summed E-state index contributed by atoms with van der Waals surface area (Å²) >= 11 is 1.79. The van der Waals surface area contributed by atoms with Gasteiger partial charge in [-0.3, -0.25) is 0 Å². The van der Waals surface area contributed by atoms with Gasteiger partial charge in [-0.2, -0.15) is 0 Å². The molecule has 47 heavy (non-hydrogen) atoms. The number of nitrogens with zero attached hydrogens (tertiary/aromatic N) is 2. The Bertz CT molecular complexity index is 2440. The van der Waals surface area contributed by atoms with Crippen molar-refractivity contribution < 1.29 is 4.74 Å². The lowest BCUT2D eigenvalue weighted by molar-refractivity contribution is 0.438. The number of aromatic nitrogens is 2. The highest BCUT2D eigenvalue weighted by atomic mass is 32.1. The Labute approximate surface area is 276 Å². The molecule has 220 valence electrons. The smallest absolute Gasteiger partial charge is 0.160 e. The van der Waals surface area contributed by atoms with Crippen molar-refractivity contribution in [3.8, 4) is 56.5 Å². The molecule has 0 amide bonds. The van der Waals surface area contributed by atoms with Crippen LogP contribution in [0.1, 0.15) is 22.3 Å². The lowest BCUT2D eigenvalue weighted by atomic mass is 9.65. The molecule has 2 aromatic heterocycles. The second kappa shape index (κ2) is 10.1. The highest BCUT2D eigenvalue weighted by Gasteiger charge is 2.51. The van der Waals surface area contributed by atoms with Crippen molar-refractivity contribution in [2.75, 3.05) is 0 Å². The molecule has 0 radical (unpaired) electrons. The minimum Gasteiger partial charge on any atom is -0.456 e. The summed E-state index contributed by atoms with van der Waals surface area (Å²) in [6.45, 7) is 0. The molecule has 1 atom stereocenters. The van der Waals surface area contributed by atoms with E-state index in [1.54, 1.807) is 11.3 Å². The zero-order valence-corrected chi connectivity index (χ0v) is 26.0. The monoisotopic (exact) mass is 618 g/mol. The number of ether oxygens (including phenoxy) is 1. The summed E-state index contributed by atoms with van der Waals surface area (Å²) < 4.78 is 8.27. The fourth-order valence-corrected chi connectivity index (χ4v) is 8.45. The van der Waals surface area contributed by atoms with E-state index in [0.29, 0.717) is 5.82 Å². The molecule has 0 N–H and O–H groups in total. The van der Waals surface area contributed by atoms with E-state index in [0.717, 1.165) is 50.7 Å². The Hall–Kier alpha value is -5.84. The van der Waals surface area contributed by atoms with Crippen molar-refractivity contribution in [1.29, 1.82) is 0 Å². The first kappa shape index (κ1) is 26.4. The fourth-order valence-electron chi connectivity index (χ4n) is 7.64. The van der Waals surface area contributed by atoms with E-state index in [1.165, 1.54) is 32.3 Å². The van der Waals surface area contributed by atoms with Gasteiger partial charge < -0.3 is 4.74 Å². The zero-order valence-electron chi connectivity index (χ0n) is 25.2. The average molecular weight is 619 g/mol. The fraction of sp³-hybridized carbons (Fsp3) is 0.0233. The Morgan fingerprint density at radius 2 is 1.17 bits per heavy atom. The van der Waals surface area contributed by atoms with Gasteiger partial charge in [-0.1, -0.05) is 115 Å². The van der Waals surface area contributed by atoms with E-state index in [9.17, 15) is 0 Å². The van der Waals surface area contributed by atoms with Crippen LogP contribution in [-0.4, -0.2) is 9.97 Å². The highest BCUT2D eigenvalue weighted by Crippen LogP contribution is 2.63. The van der Waals surface area contributed by atoms with Gasteiger partial charge in [0.05, 0.1) is 16.8 Å². The van der Waals surface area contributed by atoms with Crippen LogP contribution < -0.4 is 4.74 Å². The summed E-state index contributed by atoms with van der Waals surface area (Å²) in [6.07, 6.45) is 0. The van der Waals surface area contributed by atoms with Gasteiger partial charge in [0.25, 0.3) is 0 Å². The second-order valence-corrected chi connectivity index (χ2v) is 13.1. The average Bonchev–Trinajstić information content (AvgIpc) is 3.72. The molecule has 2 aliphatic rings. The number of fused-ring (bicyclic) bond motifs is 10. The van der Waals surface area contributed by atoms with E-state index in [1.807, 2.05) is 36.4 Å². The lowest BCUT2D eigenvalue weighted by Crippen LogP contribution is -2.32. The molecule has 4 heteroatoms. The molecule has 0 fully saturated rings. The molecule has 10 rings (SSSR count). The first-order valence-corrected chi connectivity index (χ1v) is 16.7. The number of hydrogen-bond donors (Lipinski definition) is 0. The van der Waals surface area contributed by atoms with Crippen molar-refractivity contribution in [3.05, 3.63) is 179 Å². The molecule has 0 saturated carbocycles. The van der Waals surface area contributed by atoms with Crippen molar-refractivity contribution in [3.63, 3.8) is 0 Å². The molecule has 1 unspecified atom stereocenters. The topological polar surface area (TPSA) is 35.0 Å². The van der Waals surface area contributed by atoms with Gasteiger partial charge >= 0.3 is 0 Å². The number of para-hydroxylation sites is 2. The predicted octanol–water partition coefficient (Wildman–Crippen LogP) is 11.2. The molecule has 1 aliphatic heterocycles. The largest absolute Gasteiger partial charge is 0.456 e. The molecular weight excluding hydrogens is 593 g/mol. The van der Waals surface area contributed by atoms with Crippen molar-refractivity contribution in [1.82, 2.24) is 9.97 Å². The maximum absolute atomic E-state index is 6.99. The quantitative estimate of drug-likeness (QED) is 0.198. The Balaban J connectivity index is 1.29. The molecule has 1 aliphatic carbocycles. The van der Waals surface area contributed by atoms with Crippen molar-refractivity contribution in [2.45, 2.75) is 5.41 Å². The van der Waals surface area contributed by atoms with Crippen LogP contribution in [0, 0.1) is 0 Å². The van der Waals surface area contributed by atoms with Crippen LogP contribution in [0.25, 0.3) is 55.1 Å². The van der Waals surface area contributed by atoms with Crippen molar-refractivity contribution in [2.24, 2.45) is 0 Å². The summed E-state index contributed by atoms with van der Waals surface area (Å²) in [5, 5.41) is 3.46. The third-order valence-corrected chi connectivity index (χ3v) is 10.5. The van der Waals surface area contributed by atoms with Gasteiger partial charge in [-0.05, 0) is 69.4 Å². The van der Waals surface area contributed by atoms with Crippen LogP contribution in [0.3, 0.4) is 0 Å². The third-order valence-electron chi connectivity index (χ3n) is 9.64. The molecule has 6 aromatic carbocycles. The summed E-state index contributed by atoms with van der Waals surface area (Å²) in [4.78, 5) is 10.3. The van der Waals surface area contributed by atoms with Gasteiger partial charge in [0.1, 0.15) is 11.5 Å². The maximum Gasteiger partial charge on any atom is 0.160 e. The van der Waals surface area contributed by atoms with Gasteiger partial charge in [-0.15, -0.1) is 11.3 Å². The molecule has 8 aromatic rings. The van der Waals surface area contributed by atoms with E-state index < -0.39 is 5.41 Å². The Morgan fingerprint density at radius 1 is 0.489 bits per heavy atom. The maximum atomic E-state index is 6.99. The van der Waals surface area contributed by atoms with Crippen LogP contribution in [0.4, 0.5) is 0 Å². The minimum atomic E-state index is -0.554. The Kier molecular flexibility index (Phi) is 5.66. The van der Waals surface area contributed by atoms with Gasteiger partial charge in [0.2, 0.25) is 0 Å². The molecule has 1 spiro atoms. The van der Waals surface area contributed by atoms with Crippen LogP contribution in [-0.2, 0) is 5.41 Å². The van der Waals surface area contributed by atoms with Crippen LogP contribution in [0.2, 0.25) is 0 Å². The number of rotatable bonds is 3. The summed E-state index contributed by atoms with van der Waals surface area (Å²) in [7, 11) is 0. The first-order valence-electron chi connectivity index (χ1n) is 15.8. The number of benzene rings is 6.